The van der Waals surface area contributed by atoms with E-state index in [9.17, 15) is 18.3 Å². The van der Waals surface area contributed by atoms with Crippen molar-refractivity contribution in [3.05, 3.63) is 108 Å². The van der Waals surface area contributed by atoms with Gasteiger partial charge in [0.05, 0.1) is 16.2 Å². The van der Waals surface area contributed by atoms with Crippen molar-refractivity contribution >= 4 is 49.1 Å². The van der Waals surface area contributed by atoms with E-state index in [1.165, 1.54) is 30.4 Å². The first-order valence-corrected chi connectivity index (χ1v) is 15.5. The summed E-state index contributed by atoms with van der Waals surface area (Å²) in [6.07, 6.45) is 0.170. The Bertz CT molecular complexity index is 1960. The monoisotopic (exact) mass is 582 g/mol. The summed E-state index contributed by atoms with van der Waals surface area (Å²) in [6, 6.07) is 28.5. The van der Waals surface area contributed by atoms with Gasteiger partial charge in [0.2, 0.25) is 0 Å². The molecule has 0 aliphatic carbocycles. The average molecular weight is 583 g/mol. The summed E-state index contributed by atoms with van der Waals surface area (Å²) in [6.45, 7) is 1.47. The highest BCUT2D eigenvalue weighted by molar-refractivity contribution is 7.92. The number of thiazole rings is 1. The standard InChI is InChI=1S/C32H26N2O5S2/c1-20(33-27(32(35)36)18-21-8-3-2-4-9-21)41(37,38)23-16-14-22(15-17-23)28-19-40-31(34-28)26-12-7-11-25-24-10-5-6-13-29(24)39-30(25)26/h2-17,19-20,27,33H,18H2,1H3,(H,35,36). The van der Waals surface area contributed by atoms with Gasteiger partial charge in [-0.15, -0.1) is 11.3 Å². The van der Waals surface area contributed by atoms with Crippen LogP contribution >= 0.6 is 11.3 Å². The van der Waals surface area contributed by atoms with Crippen molar-refractivity contribution in [2.45, 2.75) is 29.7 Å². The van der Waals surface area contributed by atoms with Crippen LogP contribution in [0.3, 0.4) is 0 Å². The van der Waals surface area contributed by atoms with E-state index in [4.69, 9.17) is 9.40 Å². The van der Waals surface area contributed by atoms with Crippen LogP contribution < -0.4 is 5.32 Å². The maximum atomic E-state index is 13.3. The highest BCUT2D eigenvalue weighted by Gasteiger charge is 2.29. The Balaban J connectivity index is 1.22. The van der Waals surface area contributed by atoms with E-state index in [1.807, 2.05) is 78.2 Å². The molecule has 2 heterocycles. The van der Waals surface area contributed by atoms with Crippen LogP contribution in [0.25, 0.3) is 43.8 Å². The highest BCUT2D eigenvalue weighted by Crippen LogP contribution is 2.38. The fraction of sp³-hybridized carbons (Fsp3) is 0.125. The van der Waals surface area contributed by atoms with Gasteiger partial charge in [-0.05, 0) is 43.2 Å². The number of carboxylic acids is 1. The summed E-state index contributed by atoms with van der Waals surface area (Å²) in [7, 11) is -3.84. The SMILES string of the molecule is CC(NC(Cc1ccccc1)C(=O)O)S(=O)(=O)c1ccc(-c2csc(-c3cccc4c3oc3ccccc34)n2)cc1. The van der Waals surface area contributed by atoms with Crippen LogP contribution in [0.15, 0.2) is 112 Å². The van der Waals surface area contributed by atoms with Crippen LogP contribution in [0.2, 0.25) is 0 Å². The van der Waals surface area contributed by atoms with Crippen molar-refractivity contribution in [2.75, 3.05) is 0 Å². The minimum absolute atomic E-state index is 0.104. The largest absolute Gasteiger partial charge is 0.480 e. The molecular weight excluding hydrogens is 556 g/mol. The quantitative estimate of drug-likeness (QED) is 0.193. The maximum absolute atomic E-state index is 13.3. The number of furan rings is 1. The van der Waals surface area contributed by atoms with Gasteiger partial charge in [-0.25, -0.2) is 13.4 Å². The predicted octanol–water partition coefficient (Wildman–Crippen LogP) is 6.78. The minimum Gasteiger partial charge on any atom is -0.480 e. The van der Waals surface area contributed by atoms with Crippen molar-refractivity contribution in [3.63, 3.8) is 0 Å². The first-order chi connectivity index (χ1) is 19.8. The predicted molar refractivity (Wildman–Crippen MR) is 162 cm³/mol. The third-order valence-electron chi connectivity index (χ3n) is 7.10. The maximum Gasteiger partial charge on any atom is 0.321 e. The molecule has 6 rings (SSSR count). The molecule has 0 aliphatic rings. The first-order valence-electron chi connectivity index (χ1n) is 13.0. The van der Waals surface area contributed by atoms with Crippen LogP contribution in [0.1, 0.15) is 12.5 Å². The lowest BCUT2D eigenvalue weighted by Gasteiger charge is -2.20. The lowest BCUT2D eigenvalue weighted by atomic mass is 10.1. The number of sulfone groups is 1. The smallest absolute Gasteiger partial charge is 0.321 e. The molecule has 7 nitrogen and oxygen atoms in total. The molecule has 0 aliphatic heterocycles. The number of aliphatic carboxylic acids is 1. The molecule has 9 heteroatoms. The van der Waals surface area contributed by atoms with Gasteiger partial charge in [0.25, 0.3) is 0 Å². The van der Waals surface area contributed by atoms with Crippen LogP contribution in [0.5, 0.6) is 0 Å². The minimum atomic E-state index is -3.84. The third kappa shape index (κ3) is 5.27. The molecule has 0 radical (unpaired) electrons. The Hall–Kier alpha value is -4.31. The lowest BCUT2D eigenvalue weighted by molar-refractivity contribution is -0.139. The molecule has 0 spiro atoms. The molecule has 0 saturated carbocycles. The number of carboxylic acid groups (broad SMARTS) is 1. The molecule has 0 fully saturated rings. The number of fused-ring (bicyclic) bond motifs is 3. The van der Waals surface area contributed by atoms with Gasteiger partial charge < -0.3 is 9.52 Å². The van der Waals surface area contributed by atoms with E-state index in [1.54, 1.807) is 12.1 Å². The number of hydrogen-bond acceptors (Lipinski definition) is 7. The van der Waals surface area contributed by atoms with Crippen LogP contribution in [-0.2, 0) is 21.1 Å². The highest BCUT2D eigenvalue weighted by atomic mass is 32.2. The molecule has 0 amide bonds. The molecule has 2 N–H and O–H groups in total. The van der Waals surface area contributed by atoms with Gasteiger partial charge in [-0.1, -0.05) is 72.8 Å². The Morgan fingerprint density at radius 1 is 0.927 bits per heavy atom. The molecule has 0 saturated heterocycles. The van der Waals surface area contributed by atoms with E-state index >= 15 is 0 Å². The Morgan fingerprint density at radius 2 is 1.63 bits per heavy atom. The van der Waals surface area contributed by atoms with E-state index < -0.39 is 27.2 Å². The molecular formula is C32H26N2O5S2. The zero-order valence-corrected chi connectivity index (χ0v) is 23.7. The molecule has 2 aromatic heterocycles. The van der Waals surface area contributed by atoms with Crippen molar-refractivity contribution in [1.29, 1.82) is 0 Å². The molecule has 2 atom stereocenters. The number of aromatic nitrogens is 1. The summed E-state index contributed by atoms with van der Waals surface area (Å²) in [5.74, 6) is -1.11. The van der Waals surface area contributed by atoms with Gasteiger partial charge in [0, 0.05) is 21.7 Å². The van der Waals surface area contributed by atoms with Gasteiger partial charge in [-0.2, -0.15) is 0 Å². The Kier molecular flexibility index (Phi) is 7.17. The summed E-state index contributed by atoms with van der Waals surface area (Å²) >= 11 is 1.49. The Labute approximate surface area is 241 Å². The third-order valence-corrected chi connectivity index (χ3v) is 9.97. The van der Waals surface area contributed by atoms with Gasteiger partial charge in [0.15, 0.2) is 9.84 Å². The second-order valence-corrected chi connectivity index (χ2v) is 12.9. The van der Waals surface area contributed by atoms with Crippen molar-refractivity contribution in [2.24, 2.45) is 0 Å². The second-order valence-electron chi connectivity index (χ2n) is 9.78. The molecule has 41 heavy (non-hydrogen) atoms. The van der Waals surface area contributed by atoms with Crippen LogP contribution in [-0.4, -0.2) is 35.9 Å². The number of rotatable bonds is 9. The number of carbonyl (C=O) groups is 1. The summed E-state index contributed by atoms with van der Waals surface area (Å²) in [5.41, 5.74) is 4.81. The van der Waals surface area contributed by atoms with E-state index in [0.717, 1.165) is 49.3 Å². The number of hydrogen-bond donors (Lipinski definition) is 2. The normalized spacial score (nSPS) is 13.4. The van der Waals surface area contributed by atoms with E-state index in [-0.39, 0.29) is 11.3 Å². The number of nitrogens with one attached hydrogen (secondary N) is 1. The van der Waals surface area contributed by atoms with Crippen LogP contribution in [0.4, 0.5) is 0 Å². The number of benzene rings is 4. The number of para-hydroxylation sites is 2. The Morgan fingerprint density at radius 3 is 2.39 bits per heavy atom. The zero-order valence-electron chi connectivity index (χ0n) is 22.0. The lowest BCUT2D eigenvalue weighted by Crippen LogP contribution is -2.46. The molecule has 4 aromatic carbocycles. The van der Waals surface area contributed by atoms with Gasteiger partial charge in [0.1, 0.15) is 27.6 Å². The topological polar surface area (TPSA) is 110 Å². The molecule has 2 unspecified atom stereocenters. The van der Waals surface area contributed by atoms with E-state index in [0.29, 0.717) is 0 Å². The van der Waals surface area contributed by atoms with E-state index in [2.05, 4.69) is 5.32 Å². The van der Waals surface area contributed by atoms with Crippen molar-refractivity contribution < 1.29 is 22.7 Å². The van der Waals surface area contributed by atoms with Crippen molar-refractivity contribution in [3.8, 4) is 21.8 Å². The zero-order chi connectivity index (χ0) is 28.6. The number of nitrogens with zero attached hydrogens (tertiary/aromatic N) is 1. The molecule has 0 bridgehead atoms. The summed E-state index contributed by atoms with van der Waals surface area (Å²) < 4.78 is 32.8. The molecule has 206 valence electrons. The summed E-state index contributed by atoms with van der Waals surface area (Å²) in [5, 5.41) is 16.2. The summed E-state index contributed by atoms with van der Waals surface area (Å²) in [4.78, 5) is 16.8. The first kappa shape index (κ1) is 26.9. The second kappa shape index (κ2) is 10.9. The fourth-order valence-electron chi connectivity index (χ4n) is 4.91. The van der Waals surface area contributed by atoms with Crippen molar-refractivity contribution in [1.82, 2.24) is 10.3 Å². The average Bonchev–Trinajstić information content (AvgIpc) is 3.63. The van der Waals surface area contributed by atoms with Gasteiger partial charge >= 0.3 is 5.97 Å². The molecule has 6 aromatic rings. The fourth-order valence-corrected chi connectivity index (χ4v) is 7.02. The van der Waals surface area contributed by atoms with Crippen LogP contribution in [0, 0.1) is 0 Å². The van der Waals surface area contributed by atoms with Gasteiger partial charge in [-0.3, -0.25) is 10.1 Å².